The van der Waals surface area contributed by atoms with E-state index in [1.54, 1.807) is 0 Å². The number of benzene rings is 1. The highest BCUT2D eigenvalue weighted by molar-refractivity contribution is 9.10. The molecule has 0 spiro atoms. The van der Waals surface area contributed by atoms with Gasteiger partial charge < -0.3 is 0 Å². The van der Waals surface area contributed by atoms with E-state index in [1.807, 2.05) is 17.8 Å². The van der Waals surface area contributed by atoms with Crippen LogP contribution in [-0.2, 0) is 0 Å². The highest BCUT2D eigenvalue weighted by atomic mass is 79.9. The normalized spacial score (nSPS) is 10.4. The van der Waals surface area contributed by atoms with Crippen LogP contribution in [0.5, 0.6) is 0 Å². The van der Waals surface area contributed by atoms with Crippen LogP contribution in [0.4, 0.5) is 0 Å². The topological polar surface area (TPSA) is 0 Å². The Hall–Kier alpha value is 0.340. The first kappa shape index (κ1) is 12.4. The molecule has 0 aromatic heterocycles. The fraction of sp³-hybridized carbons (Fsp3) is 0.455. The highest BCUT2D eigenvalue weighted by Crippen LogP contribution is 2.27. The molecule has 0 aliphatic rings. The van der Waals surface area contributed by atoms with Crippen molar-refractivity contribution in [1.29, 1.82) is 0 Å². The summed E-state index contributed by atoms with van der Waals surface area (Å²) in [5, 5.41) is 0. The van der Waals surface area contributed by atoms with Gasteiger partial charge in [0, 0.05) is 15.2 Å². The number of thioether (sulfide) groups is 1. The number of alkyl halides is 1. The summed E-state index contributed by atoms with van der Waals surface area (Å²) in [6.45, 7) is 0. The number of hydrogen-bond donors (Lipinski definition) is 0. The van der Waals surface area contributed by atoms with E-state index < -0.39 is 0 Å². The van der Waals surface area contributed by atoms with Crippen molar-refractivity contribution in [2.45, 2.75) is 24.2 Å². The van der Waals surface area contributed by atoms with Crippen molar-refractivity contribution in [3.63, 3.8) is 0 Å². The summed E-state index contributed by atoms with van der Waals surface area (Å²) in [4.78, 5) is 1.33. The summed E-state index contributed by atoms with van der Waals surface area (Å²) in [6, 6.07) is 8.35. The van der Waals surface area contributed by atoms with Crippen LogP contribution in [0, 0.1) is 0 Å². The Kier molecular flexibility index (Phi) is 6.74. The summed E-state index contributed by atoms with van der Waals surface area (Å²) in [6.07, 6.45) is 3.62. The number of hydrogen-bond acceptors (Lipinski definition) is 1. The van der Waals surface area contributed by atoms with Gasteiger partial charge in [0.05, 0.1) is 0 Å². The monoisotopic (exact) mass is 292 g/mol. The van der Waals surface area contributed by atoms with Gasteiger partial charge in [-0.2, -0.15) is 0 Å². The Labute approximate surface area is 104 Å². The van der Waals surface area contributed by atoms with Crippen LogP contribution in [0.2, 0.25) is 0 Å². The predicted octanol–water partition coefficient (Wildman–Crippen LogP) is 4.95. The molecule has 0 aliphatic heterocycles. The summed E-state index contributed by atoms with van der Waals surface area (Å²) >= 11 is 11.1. The highest BCUT2D eigenvalue weighted by Gasteiger charge is 1.98. The Morgan fingerprint density at radius 1 is 1.14 bits per heavy atom. The molecule has 0 fully saturated rings. The molecule has 0 amide bonds. The zero-order valence-corrected chi connectivity index (χ0v) is 11.2. The number of halogens is 2. The Morgan fingerprint density at radius 3 is 2.64 bits per heavy atom. The molecule has 0 nitrogen and oxygen atoms in total. The predicted molar refractivity (Wildman–Crippen MR) is 69.4 cm³/mol. The molecule has 0 heterocycles. The molecule has 0 unspecified atom stereocenters. The zero-order valence-electron chi connectivity index (χ0n) is 8.01. The number of rotatable bonds is 6. The van der Waals surface area contributed by atoms with Gasteiger partial charge in [0.2, 0.25) is 0 Å². The molecule has 0 atom stereocenters. The van der Waals surface area contributed by atoms with E-state index in [0.29, 0.717) is 0 Å². The summed E-state index contributed by atoms with van der Waals surface area (Å²) < 4.78 is 1.20. The van der Waals surface area contributed by atoms with E-state index in [9.17, 15) is 0 Å². The summed E-state index contributed by atoms with van der Waals surface area (Å²) in [5.74, 6) is 1.97. The lowest BCUT2D eigenvalue weighted by molar-refractivity contribution is 0.783. The largest absolute Gasteiger partial charge is 0.127 e. The maximum Gasteiger partial charge on any atom is 0.0311 e. The molecule has 1 aromatic carbocycles. The van der Waals surface area contributed by atoms with Crippen molar-refractivity contribution in [3.05, 3.63) is 28.7 Å². The third-order valence-electron chi connectivity index (χ3n) is 1.87. The molecule has 0 saturated carbocycles. The first-order chi connectivity index (χ1) is 6.84. The molecule has 0 aliphatic carbocycles. The minimum absolute atomic E-state index is 0.791. The van der Waals surface area contributed by atoms with Gasteiger partial charge in [0.15, 0.2) is 0 Å². The fourth-order valence-electron chi connectivity index (χ4n) is 1.12. The molecule has 14 heavy (non-hydrogen) atoms. The van der Waals surface area contributed by atoms with E-state index in [0.717, 1.165) is 12.3 Å². The first-order valence-electron chi connectivity index (χ1n) is 4.78. The van der Waals surface area contributed by atoms with Crippen LogP contribution in [0.3, 0.4) is 0 Å². The minimum atomic E-state index is 0.791. The van der Waals surface area contributed by atoms with Crippen LogP contribution in [0.1, 0.15) is 19.3 Å². The molecule has 1 aromatic rings. The van der Waals surface area contributed by atoms with Gasteiger partial charge in [0.25, 0.3) is 0 Å². The average Bonchev–Trinajstić information content (AvgIpc) is 2.20. The van der Waals surface area contributed by atoms with Crippen LogP contribution < -0.4 is 0 Å². The molecule has 0 bridgehead atoms. The van der Waals surface area contributed by atoms with Gasteiger partial charge in [-0.1, -0.05) is 18.6 Å². The van der Waals surface area contributed by atoms with Gasteiger partial charge in [-0.25, -0.2) is 0 Å². The van der Waals surface area contributed by atoms with E-state index in [4.69, 9.17) is 11.6 Å². The van der Waals surface area contributed by atoms with E-state index in [2.05, 4.69) is 34.1 Å². The Balaban J connectivity index is 2.21. The second-order valence-corrected chi connectivity index (χ2v) is 5.40. The second kappa shape index (κ2) is 7.61. The average molecular weight is 294 g/mol. The quantitative estimate of drug-likeness (QED) is 0.406. The zero-order chi connectivity index (χ0) is 10.2. The van der Waals surface area contributed by atoms with Crippen LogP contribution >= 0.6 is 39.3 Å². The summed E-state index contributed by atoms with van der Waals surface area (Å²) in [5.41, 5.74) is 0. The molecule has 0 N–H and O–H groups in total. The van der Waals surface area contributed by atoms with E-state index in [-0.39, 0.29) is 0 Å². The maximum absolute atomic E-state index is 5.61. The molecule has 3 heteroatoms. The van der Waals surface area contributed by atoms with Gasteiger partial charge in [-0.05, 0) is 46.7 Å². The van der Waals surface area contributed by atoms with Gasteiger partial charge in [0.1, 0.15) is 0 Å². The molecule has 78 valence electrons. The lowest BCUT2D eigenvalue weighted by Gasteiger charge is -2.03. The van der Waals surface area contributed by atoms with Gasteiger partial charge in [-0.3, -0.25) is 0 Å². The lowest BCUT2D eigenvalue weighted by Crippen LogP contribution is -1.83. The second-order valence-electron chi connectivity index (χ2n) is 3.03. The van der Waals surface area contributed by atoms with Crippen molar-refractivity contribution >= 4 is 39.3 Å². The van der Waals surface area contributed by atoms with Crippen molar-refractivity contribution in [1.82, 2.24) is 0 Å². The van der Waals surface area contributed by atoms with Crippen molar-refractivity contribution in [2.75, 3.05) is 11.6 Å². The van der Waals surface area contributed by atoms with Gasteiger partial charge >= 0.3 is 0 Å². The molecular formula is C11H14BrClS. The Bertz CT molecular complexity index is 265. The SMILES string of the molecule is ClCCCCCSc1ccccc1Br. The lowest BCUT2D eigenvalue weighted by atomic mass is 10.3. The van der Waals surface area contributed by atoms with Crippen molar-refractivity contribution < 1.29 is 0 Å². The van der Waals surface area contributed by atoms with Crippen molar-refractivity contribution in [3.8, 4) is 0 Å². The third kappa shape index (κ3) is 4.72. The van der Waals surface area contributed by atoms with Crippen LogP contribution in [0.25, 0.3) is 0 Å². The van der Waals surface area contributed by atoms with Crippen LogP contribution in [-0.4, -0.2) is 11.6 Å². The van der Waals surface area contributed by atoms with Crippen LogP contribution in [0.15, 0.2) is 33.6 Å². The summed E-state index contributed by atoms with van der Waals surface area (Å²) in [7, 11) is 0. The molecular weight excluding hydrogens is 280 g/mol. The maximum atomic E-state index is 5.61. The van der Waals surface area contributed by atoms with Gasteiger partial charge in [-0.15, -0.1) is 23.4 Å². The smallest absolute Gasteiger partial charge is 0.0311 e. The third-order valence-corrected chi connectivity index (χ3v) is 4.25. The molecule has 0 saturated heterocycles. The van der Waals surface area contributed by atoms with E-state index >= 15 is 0 Å². The standard InChI is InChI=1S/C11H14BrClS/c12-10-6-2-3-7-11(10)14-9-5-1-4-8-13/h2-3,6-7H,1,4-5,8-9H2. The fourth-order valence-corrected chi connectivity index (χ4v) is 2.88. The van der Waals surface area contributed by atoms with Crippen molar-refractivity contribution in [2.24, 2.45) is 0 Å². The minimum Gasteiger partial charge on any atom is -0.127 e. The molecule has 0 radical (unpaired) electrons. The Morgan fingerprint density at radius 2 is 1.93 bits per heavy atom. The number of unbranched alkanes of at least 4 members (excludes halogenated alkanes) is 2. The molecule has 1 rings (SSSR count). The van der Waals surface area contributed by atoms with E-state index in [1.165, 1.54) is 28.0 Å². The first-order valence-corrected chi connectivity index (χ1v) is 7.09.